The molecule has 29 heavy (non-hydrogen) atoms. The van der Waals surface area contributed by atoms with Crippen molar-refractivity contribution in [3.63, 3.8) is 0 Å². The monoisotopic (exact) mass is 462 g/mol. The van der Waals surface area contributed by atoms with E-state index >= 15 is 0 Å². The van der Waals surface area contributed by atoms with Crippen LogP contribution in [0.1, 0.15) is 16.0 Å². The van der Waals surface area contributed by atoms with Gasteiger partial charge < -0.3 is 5.11 Å². The van der Waals surface area contributed by atoms with E-state index in [0.29, 0.717) is 11.4 Å². The molecular formula is C23H15BrN2O2S. The normalized spacial score (nSPS) is 14.0. The summed E-state index contributed by atoms with van der Waals surface area (Å²) in [6, 6.07) is 20.0. The van der Waals surface area contributed by atoms with Crippen molar-refractivity contribution in [2.75, 3.05) is 0 Å². The van der Waals surface area contributed by atoms with Gasteiger partial charge in [-0.25, -0.2) is 0 Å². The topological polar surface area (TPSA) is 54.6 Å². The molecule has 5 rings (SSSR count). The number of fused-ring (bicyclic) bond motifs is 2. The van der Waals surface area contributed by atoms with Crippen molar-refractivity contribution in [3.05, 3.63) is 90.8 Å². The molecule has 1 aliphatic rings. The van der Waals surface area contributed by atoms with E-state index in [4.69, 9.17) is 0 Å². The molecule has 6 heteroatoms. The summed E-state index contributed by atoms with van der Waals surface area (Å²) >= 11 is 4.52. The molecule has 1 aliphatic heterocycles. The summed E-state index contributed by atoms with van der Waals surface area (Å²) in [5.74, 6) is -0.0162. The van der Waals surface area contributed by atoms with E-state index < -0.39 is 0 Å². The zero-order valence-electron chi connectivity index (χ0n) is 15.2. The molecule has 2 heterocycles. The molecule has 0 unspecified atom stereocenters. The van der Waals surface area contributed by atoms with Crippen LogP contribution in [0.25, 0.3) is 22.4 Å². The second kappa shape index (κ2) is 7.13. The van der Waals surface area contributed by atoms with E-state index in [9.17, 15) is 9.90 Å². The third-order valence-corrected chi connectivity index (χ3v) is 6.36. The number of allylic oxidation sites excluding steroid dienone is 1. The van der Waals surface area contributed by atoms with Gasteiger partial charge in [-0.05, 0) is 46.7 Å². The first-order valence-corrected chi connectivity index (χ1v) is 10.7. The molecule has 0 spiro atoms. The number of aromatic nitrogens is 1. The molecule has 0 aliphatic carbocycles. The van der Waals surface area contributed by atoms with Crippen LogP contribution in [0, 0.1) is 0 Å². The number of hydrogen-bond acceptors (Lipinski definition) is 4. The third-order valence-electron chi connectivity index (χ3n) is 4.95. The van der Waals surface area contributed by atoms with E-state index in [-0.39, 0.29) is 10.8 Å². The highest BCUT2D eigenvalue weighted by Gasteiger charge is 2.17. The number of aromatic hydroxyl groups is 1. The Bertz CT molecular complexity index is 1380. The zero-order chi connectivity index (χ0) is 20.0. The van der Waals surface area contributed by atoms with Crippen molar-refractivity contribution in [1.29, 1.82) is 0 Å². The summed E-state index contributed by atoms with van der Waals surface area (Å²) in [6.45, 7) is 0.325. The number of rotatable bonds is 3. The zero-order valence-corrected chi connectivity index (χ0v) is 17.6. The minimum absolute atomic E-state index is 0.0162. The molecule has 0 atom stereocenters. The smallest absolute Gasteiger partial charge is 0.310 e. The van der Waals surface area contributed by atoms with Crippen LogP contribution in [0.5, 0.6) is 5.88 Å². The van der Waals surface area contributed by atoms with Crippen LogP contribution >= 0.6 is 27.3 Å². The molecule has 142 valence electrons. The Kier molecular flexibility index (Phi) is 4.45. The molecule has 0 amide bonds. The maximum Gasteiger partial charge on any atom is 0.310 e. The summed E-state index contributed by atoms with van der Waals surface area (Å²) < 4.78 is 2.37. The van der Waals surface area contributed by atoms with Crippen molar-refractivity contribution in [2.24, 2.45) is 4.99 Å². The standard InChI is InChI=1S/C23H15BrN2O2S/c24-18-7-8-20-19(11-18)17(12-25-20)10-21-22(27)26(23(28)29-21)13-14-5-6-15-3-1-2-4-16(15)9-14/h1-12,27H,13H2/b17-10-. The fourth-order valence-corrected chi connectivity index (χ4v) is 4.68. The van der Waals surface area contributed by atoms with E-state index in [1.165, 1.54) is 4.57 Å². The second-order valence-corrected chi connectivity index (χ2v) is 8.75. The Morgan fingerprint density at radius 1 is 1.07 bits per heavy atom. The summed E-state index contributed by atoms with van der Waals surface area (Å²) in [5, 5.41) is 13.0. The van der Waals surface area contributed by atoms with Gasteiger partial charge in [-0.2, -0.15) is 0 Å². The lowest BCUT2D eigenvalue weighted by atomic mass is 10.1. The molecule has 0 saturated carbocycles. The van der Waals surface area contributed by atoms with Gasteiger partial charge in [-0.1, -0.05) is 63.7 Å². The number of hydrogen-bond donors (Lipinski definition) is 1. The number of benzene rings is 3. The number of aliphatic imine (C=N–C) groups is 1. The van der Waals surface area contributed by atoms with Gasteiger partial charge in [0.2, 0.25) is 5.88 Å². The Morgan fingerprint density at radius 2 is 1.90 bits per heavy atom. The van der Waals surface area contributed by atoms with Crippen molar-refractivity contribution >= 4 is 61.6 Å². The van der Waals surface area contributed by atoms with Gasteiger partial charge >= 0.3 is 4.87 Å². The fraction of sp³-hybridized carbons (Fsp3) is 0.0435. The van der Waals surface area contributed by atoms with Crippen molar-refractivity contribution in [3.8, 4) is 5.88 Å². The fourth-order valence-electron chi connectivity index (χ4n) is 3.48. The molecule has 0 fully saturated rings. The molecule has 0 saturated heterocycles. The summed E-state index contributed by atoms with van der Waals surface area (Å²) in [6.07, 6.45) is 3.58. The van der Waals surface area contributed by atoms with Crippen molar-refractivity contribution in [2.45, 2.75) is 6.54 Å². The van der Waals surface area contributed by atoms with Gasteiger partial charge in [0.25, 0.3) is 0 Å². The molecule has 1 aromatic heterocycles. The van der Waals surface area contributed by atoms with Gasteiger partial charge in [0.15, 0.2) is 0 Å². The number of halogens is 1. The van der Waals surface area contributed by atoms with E-state index in [2.05, 4.69) is 33.1 Å². The van der Waals surface area contributed by atoms with E-state index in [1.807, 2.05) is 54.6 Å². The Hall–Kier alpha value is -2.96. The van der Waals surface area contributed by atoms with E-state index in [0.717, 1.165) is 49.0 Å². The SMILES string of the molecule is O=c1sc(/C=C2/C=Nc3ccc(Br)cc32)c(O)n1Cc1ccc2ccccc2c1. The molecule has 4 aromatic rings. The van der Waals surface area contributed by atoms with Crippen molar-refractivity contribution in [1.82, 2.24) is 4.57 Å². The predicted molar refractivity (Wildman–Crippen MR) is 123 cm³/mol. The van der Waals surface area contributed by atoms with Gasteiger partial charge in [-0.15, -0.1) is 0 Å². The maximum absolute atomic E-state index is 12.6. The first-order valence-electron chi connectivity index (χ1n) is 9.04. The summed E-state index contributed by atoms with van der Waals surface area (Å²) in [7, 11) is 0. The van der Waals surface area contributed by atoms with Crippen LogP contribution in [0.4, 0.5) is 5.69 Å². The largest absolute Gasteiger partial charge is 0.493 e. The quantitative estimate of drug-likeness (QED) is 0.415. The van der Waals surface area contributed by atoms with Crippen LogP contribution in [0.3, 0.4) is 0 Å². The van der Waals surface area contributed by atoms with E-state index in [1.54, 1.807) is 6.21 Å². The first-order chi connectivity index (χ1) is 14.1. The maximum atomic E-state index is 12.6. The predicted octanol–water partition coefficient (Wildman–Crippen LogP) is 5.84. The average Bonchev–Trinajstić information content (AvgIpc) is 3.23. The number of thiazole rings is 1. The lowest BCUT2D eigenvalue weighted by molar-refractivity contribution is 0.420. The van der Waals surface area contributed by atoms with Gasteiger partial charge in [0.1, 0.15) is 0 Å². The first kappa shape index (κ1) is 18.1. The minimum atomic E-state index is -0.188. The van der Waals surface area contributed by atoms with Gasteiger partial charge in [0.05, 0.1) is 17.1 Å². The summed E-state index contributed by atoms with van der Waals surface area (Å²) in [5.41, 5.74) is 3.69. The number of nitrogens with zero attached hydrogens (tertiary/aromatic N) is 2. The Morgan fingerprint density at radius 3 is 2.76 bits per heavy atom. The van der Waals surface area contributed by atoms with Gasteiger partial charge in [0, 0.05) is 21.8 Å². The lowest BCUT2D eigenvalue weighted by Crippen LogP contribution is -2.13. The summed E-state index contributed by atoms with van der Waals surface area (Å²) in [4.78, 5) is 17.3. The van der Waals surface area contributed by atoms with Crippen LogP contribution < -0.4 is 4.87 Å². The van der Waals surface area contributed by atoms with Gasteiger partial charge in [-0.3, -0.25) is 14.4 Å². The molecule has 1 N–H and O–H groups in total. The minimum Gasteiger partial charge on any atom is -0.493 e. The van der Waals surface area contributed by atoms with Crippen LogP contribution in [-0.2, 0) is 6.54 Å². The highest BCUT2D eigenvalue weighted by Crippen LogP contribution is 2.36. The van der Waals surface area contributed by atoms with Crippen molar-refractivity contribution < 1.29 is 5.11 Å². The highest BCUT2D eigenvalue weighted by molar-refractivity contribution is 9.10. The van der Waals surface area contributed by atoms with Crippen LogP contribution in [0.2, 0.25) is 0 Å². The molecule has 0 radical (unpaired) electrons. The molecular weight excluding hydrogens is 448 g/mol. The third kappa shape index (κ3) is 3.34. The Labute approximate surface area is 179 Å². The van der Waals surface area contributed by atoms with Crippen LogP contribution in [0.15, 0.2) is 74.9 Å². The molecule has 0 bridgehead atoms. The Balaban J connectivity index is 1.51. The molecule has 3 aromatic carbocycles. The average molecular weight is 463 g/mol. The lowest BCUT2D eigenvalue weighted by Gasteiger charge is -2.06. The molecule has 4 nitrogen and oxygen atoms in total. The highest BCUT2D eigenvalue weighted by atomic mass is 79.9. The van der Waals surface area contributed by atoms with Crippen LogP contribution in [-0.4, -0.2) is 15.9 Å². The second-order valence-electron chi connectivity index (χ2n) is 6.84.